The predicted octanol–water partition coefficient (Wildman–Crippen LogP) is 2.01. The van der Waals surface area contributed by atoms with Gasteiger partial charge in [-0.15, -0.1) is 0 Å². The van der Waals surface area contributed by atoms with Gasteiger partial charge in [0.2, 0.25) is 5.91 Å². The molecule has 1 amide bonds. The van der Waals surface area contributed by atoms with Crippen LogP contribution in [0.15, 0.2) is 18.2 Å². The van der Waals surface area contributed by atoms with E-state index in [0.29, 0.717) is 24.2 Å². The number of hydrogen-bond acceptors (Lipinski definition) is 3. The van der Waals surface area contributed by atoms with Gasteiger partial charge in [0.1, 0.15) is 5.82 Å². The first-order valence-electron chi connectivity index (χ1n) is 7.29. The van der Waals surface area contributed by atoms with E-state index in [1.807, 2.05) is 25.7 Å². The first-order valence-corrected chi connectivity index (χ1v) is 7.29. The standard InChI is InChI=1S/C16H25FN2O2/c1-5-19(10-16(21)18-11(2)3)9-15(20)14-7-6-13(17)8-12(14)4/h6-8,11,15,20H,5,9-10H2,1-4H3,(H,18,21). The van der Waals surface area contributed by atoms with Gasteiger partial charge in [-0.1, -0.05) is 13.0 Å². The summed E-state index contributed by atoms with van der Waals surface area (Å²) in [5.74, 6) is -0.373. The van der Waals surface area contributed by atoms with E-state index >= 15 is 0 Å². The van der Waals surface area contributed by atoms with E-state index in [1.54, 1.807) is 13.0 Å². The molecule has 0 radical (unpaired) electrons. The third kappa shape index (κ3) is 5.81. The Labute approximate surface area is 126 Å². The molecule has 0 aliphatic rings. The molecule has 0 saturated carbocycles. The highest BCUT2D eigenvalue weighted by molar-refractivity contribution is 5.78. The third-order valence-electron chi connectivity index (χ3n) is 3.29. The van der Waals surface area contributed by atoms with Gasteiger partial charge in [0.25, 0.3) is 0 Å². The molecule has 1 atom stereocenters. The Morgan fingerprint density at radius 2 is 2.10 bits per heavy atom. The van der Waals surface area contributed by atoms with Crippen LogP contribution in [0, 0.1) is 12.7 Å². The van der Waals surface area contributed by atoms with Gasteiger partial charge < -0.3 is 10.4 Å². The number of carbonyl (C=O) groups is 1. The molecule has 0 spiro atoms. The Morgan fingerprint density at radius 3 is 2.62 bits per heavy atom. The van der Waals surface area contributed by atoms with Crippen LogP contribution in [-0.4, -0.2) is 41.6 Å². The van der Waals surface area contributed by atoms with Gasteiger partial charge >= 0.3 is 0 Å². The maximum absolute atomic E-state index is 13.1. The average Bonchev–Trinajstić information content (AvgIpc) is 2.36. The van der Waals surface area contributed by atoms with Crippen molar-refractivity contribution in [3.63, 3.8) is 0 Å². The molecule has 0 aromatic heterocycles. The second-order valence-electron chi connectivity index (χ2n) is 5.57. The highest BCUT2D eigenvalue weighted by Crippen LogP contribution is 2.19. The van der Waals surface area contributed by atoms with E-state index in [-0.39, 0.29) is 24.3 Å². The van der Waals surface area contributed by atoms with E-state index in [2.05, 4.69) is 5.32 Å². The number of likely N-dealkylation sites (N-methyl/N-ethyl adjacent to an activating group) is 1. The van der Waals surface area contributed by atoms with E-state index in [9.17, 15) is 14.3 Å². The Bertz CT molecular complexity index is 477. The minimum absolute atomic E-state index is 0.0603. The summed E-state index contributed by atoms with van der Waals surface area (Å²) in [5.41, 5.74) is 1.41. The van der Waals surface area contributed by atoms with Crippen molar-refractivity contribution in [1.82, 2.24) is 10.2 Å². The van der Waals surface area contributed by atoms with Crippen molar-refractivity contribution in [2.75, 3.05) is 19.6 Å². The van der Waals surface area contributed by atoms with Crippen LogP contribution < -0.4 is 5.32 Å². The fourth-order valence-corrected chi connectivity index (χ4v) is 2.23. The Morgan fingerprint density at radius 1 is 1.43 bits per heavy atom. The van der Waals surface area contributed by atoms with Crippen LogP contribution in [0.2, 0.25) is 0 Å². The molecular weight excluding hydrogens is 271 g/mol. The van der Waals surface area contributed by atoms with Crippen molar-refractivity contribution >= 4 is 5.91 Å². The van der Waals surface area contributed by atoms with Gasteiger partial charge in [-0.25, -0.2) is 4.39 Å². The molecule has 1 aromatic carbocycles. The van der Waals surface area contributed by atoms with Gasteiger partial charge in [0.05, 0.1) is 12.6 Å². The number of benzene rings is 1. The molecular formula is C16H25FN2O2. The summed E-state index contributed by atoms with van der Waals surface area (Å²) >= 11 is 0. The van der Waals surface area contributed by atoms with Crippen LogP contribution in [0.25, 0.3) is 0 Å². The minimum atomic E-state index is -0.739. The summed E-state index contributed by atoms with van der Waals surface area (Å²) < 4.78 is 13.1. The Kier molecular flexibility index (Phi) is 6.78. The van der Waals surface area contributed by atoms with Crippen LogP contribution >= 0.6 is 0 Å². The number of hydrogen-bond donors (Lipinski definition) is 2. The molecule has 21 heavy (non-hydrogen) atoms. The van der Waals surface area contributed by atoms with Crippen molar-refractivity contribution in [2.45, 2.75) is 39.8 Å². The summed E-state index contributed by atoms with van der Waals surface area (Å²) in [5, 5.41) is 13.1. The lowest BCUT2D eigenvalue weighted by Crippen LogP contribution is -2.41. The lowest BCUT2D eigenvalue weighted by molar-refractivity contribution is -0.123. The van der Waals surface area contributed by atoms with Crippen LogP contribution in [0.1, 0.15) is 38.0 Å². The molecule has 1 unspecified atom stereocenters. The Hall–Kier alpha value is -1.46. The number of nitrogens with zero attached hydrogens (tertiary/aromatic N) is 1. The topological polar surface area (TPSA) is 52.6 Å². The maximum Gasteiger partial charge on any atom is 0.234 e. The molecule has 0 bridgehead atoms. The Balaban J connectivity index is 2.65. The fraction of sp³-hybridized carbons (Fsp3) is 0.562. The van der Waals surface area contributed by atoms with Crippen molar-refractivity contribution in [1.29, 1.82) is 0 Å². The molecule has 2 N–H and O–H groups in total. The summed E-state index contributed by atoms with van der Waals surface area (Å²) in [7, 11) is 0. The normalized spacial score (nSPS) is 12.8. The number of halogens is 1. The van der Waals surface area contributed by atoms with Gasteiger partial charge in [0, 0.05) is 12.6 Å². The molecule has 118 valence electrons. The molecule has 0 fully saturated rings. The summed E-state index contributed by atoms with van der Waals surface area (Å²) in [6.45, 7) is 8.76. The van der Waals surface area contributed by atoms with Gasteiger partial charge in [-0.3, -0.25) is 9.69 Å². The van der Waals surface area contributed by atoms with Gasteiger partial charge in [-0.05, 0) is 50.6 Å². The van der Waals surface area contributed by atoms with E-state index in [4.69, 9.17) is 0 Å². The number of rotatable bonds is 7. The average molecular weight is 296 g/mol. The predicted molar refractivity (Wildman–Crippen MR) is 81.5 cm³/mol. The quantitative estimate of drug-likeness (QED) is 0.809. The molecule has 0 aliphatic heterocycles. The van der Waals surface area contributed by atoms with Crippen LogP contribution in [0.4, 0.5) is 4.39 Å². The molecule has 0 heterocycles. The number of aliphatic hydroxyl groups is 1. The van der Waals surface area contributed by atoms with Crippen LogP contribution in [0.3, 0.4) is 0 Å². The number of amides is 1. The number of aliphatic hydroxyl groups excluding tert-OH is 1. The lowest BCUT2D eigenvalue weighted by atomic mass is 10.0. The second-order valence-corrected chi connectivity index (χ2v) is 5.57. The summed E-state index contributed by atoms with van der Waals surface area (Å²) in [6.07, 6.45) is -0.739. The molecule has 0 aliphatic carbocycles. The fourth-order valence-electron chi connectivity index (χ4n) is 2.23. The van der Waals surface area contributed by atoms with E-state index in [1.165, 1.54) is 12.1 Å². The second kappa shape index (κ2) is 8.10. The number of nitrogens with one attached hydrogen (secondary N) is 1. The number of carbonyl (C=O) groups excluding carboxylic acids is 1. The minimum Gasteiger partial charge on any atom is -0.387 e. The lowest BCUT2D eigenvalue weighted by Gasteiger charge is -2.24. The SMILES string of the molecule is CCN(CC(=O)NC(C)C)CC(O)c1ccc(F)cc1C. The van der Waals surface area contributed by atoms with Crippen molar-refractivity contribution < 1.29 is 14.3 Å². The van der Waals surface area contributed by atoms with E-state index < -0.39 is 6.10 Å². The van der Waals surface area contributed by atoms with Crippen molar-refractivity contribution in [3.8, 4) is 0 Å². The molecule has 4 nitrogen and oxygen atoms in total. The monoisotopic (exact) mass is 296 g/mol. The maximum atomic E-state index is 13.1. The zero-order chi connectivity index (χ0) is 16.0. The smallest absolute Gasteiger partial charge is 0.234 e. The first-order chi connectivity index (χ1) is 9.83. The molecule has 1 rings (SSSR count). The molecule has 0 saturated heterocycles. The van der Waals surface area contributed by atoms with Crippen molar-refractivity contribution in [2.24, 2.45) is 0 Å². The zero-order valence-corrected chi connectivity index (χ0v) is 13.2. The highest BCUT2D eigenvalue weighted by Gasteiger charge is 2.17. The summed E-state index contributed by atoms with van der Waals surface area (Å²) in [6, 6.07) is 4.44. The third-order valence-corrected chi connectivity index (χ3v) is 3.29. The largest absolute Gasteiger partial charge is 0.387 e. The molecule has 1 aromatic rings. The van der Waals surface area contributed by atoms with Crippen molar-refractivity contribution in [3.05, 3.63) is 35.1 Å². The number of aryl methyl sites for hydroxylation is 1. The zero-order valence-electron chi connectivity index (χ0n) is 13.2. The van der Waals surface area contributed by atoms with Gasteiger partial charge in [-0.2, -0.15) is 0 Å². The summed E-state index contributed by atoms with van der Waals surface area (Å²) in [4.78, 5) is 13.6. The first kappa shape index (κ1) is 17.6. The molecule has 5 heteroatoms. The van der Waals surface area contributed by atoms with Crippen LogP contribution in [-0.2, 0) is 4.79 Å². The highest BCUT2D eigenvalue weighted by atomic mass is 19.1. The van der Waals surface area contributed by atoms with E-state index in [0.717, 1.165) is 0 Å². The van der Waals surface area contributed by atoms with Gasteiger partial charge in [0.15, 0.2) is 0 Å². The van der Waals surface area contributed by atoms with Crippen LogP contribution in [0.5, 0.6) is 0 Å².